The molecular formula is C47H80O8. The molecule has 1 aromatic carbocycles. The van der Waals surface area contributed by atoms with E-state index in [1.54, 1.807) is 0 Å². The molecule has 0 spiro atoms. The minimum absolute atomic E-state index is 0.0276. The van der Waals surface area contributed by atoms with Gasteiger partial charge in [0, 0.05) is 39.3 Å². The summed E-state index contributed by atoms with van der Waals surface area (Å²) in [5.41, 5.74) is 1.28. The van der Waals surface area contributed by atoms with E-state index in [0.717, 1.165) is 103 Å². The molecule has 2 atom stereocenters. The summed E-state index contributed by atoms with van der Waals surface area (Å²) in [5.74, 6) is 0.932. The Hall–Kier alpha value is -2.00. The number of carbonyl (C=O) groups excluding carboxylic acids is 2. The Labute approximate surface area is 335 Å². The monoisotopic (exact) mass is 773 g/mol. The van der Waals surface area contributed by atoms with Crippen LogP contribution in [0.25, 0.3) is 0 Å². The van der Waals surface area contributed by atoms with Gasteiger partial charge >= 0.3 is 11.9 Å². The lowest BCUT2D eigenvalue weighted by Crippen LogP contribution is -2.23. The lowest BCUT2D eigenvalue weighted by atomic mass is 9.83. The van der Waals surface area contributed by atoms with Crippen molar-refractivity contribution in [1.29, 1.82) is 0 Å². The van der Waals surface area contributed by atoms with Gasteiger partial charge in [0.05, 0.1) is 0 Å². The second kappa shape index (κ2) is 32.0. The van der Waals surface area contributed by atoms with Crippen LogP contribution in [0.4, 0.5) is 0 Å². The molecule has 2 aliphatic heterocycles. The smallest absolute Gasteiger partial charge is 0.311 e. The Kier molecular flexibility index (Phi) is 27.6. The fraction of sp³-hybridized carbons (Fsp3) is 0.830. The van der Waals surface area contributed by atoms with Crippen molar-refractivity contribution in [3.05, 3.63) is 29.8 Å². The molecule has 3 fully saturated rings. The predicted octanol–water partition coefficient (Wildman–Crippen LogP) is 12.7. The van der Waals surface area contributed by atoms with Crippen molar-refractivity contribution in [1.82, 2.24) is 0 Å². The van der Waals surface area contributed by atoms with E-state index in [1.807, 2.05) is 12.1 Å². The second-order valence-electron chi connectivity index (χ2n) is 16.1. The maximum Gasteiger partial charge on any atom is 0.311 e. The number of rotatable bonds is 27. The van der Waals surface area contributed by atoms with E-state index in [0.29, 0.717) is 24.5 Å². The highest BCUT2D eigenvalue weighted by molar-refractivity contribution is 5.72. The van der Waals surface area contributed by atoms with Crippen LogP contribution < -0.4 is 4.74 Å². The minimum atomic E-state index is -0.144. The summed E-state index contributed by atoms with van der Waals surface area (Å²) in [6, 6.07) is 7.99. The van der Waals surface area contributed by atoms with Gasteiger partial charge in [-0.2, -0.15) is 0 Å². The van der Waals surface area contributed by atoms with Crippen LogP contribution in [0.2, 0.25) is 0 Å². The molecule has 8 heteroatoms. The van der Waals surface area contributed by atoms with Gasteiger partial charge in [-0.1, -0.05) is 109 Å². The van der Waals surface area contributed by atoms with Crippen LogP contribution in [0, 0.1) is 0 Å². The van der Waals surface area contributed by atoms with Crippen LogP contribution >= 0.6 is 0 Å². The van der Waals surface area contributed by atoms with Gasteiger partial charge in [0.25, 0.3) is 0 Å². The summed E-state index contributed by atoms with van der Waals surface area (Å²) in [7, 11) is 0. The van der Waals surface area contributed by atoms with Crippen LogP contribution in [-0.2, 0) is 33.3 Å². The van der Waals surface area contributed by atoms with Gasteiger partial charge in [0.2, 0.25) is 0 Å². The fourth-order valence-electron chi connectivity index (χ4n) is 7.70. The molecule has 1 aliphatic carbocycles. The van der Waals surface area contributed by atoms with Gasteiger partial charge in [-0.3, -0.25) is 9.59 Å². The maximum atomic E-state index is 12.4. The first kappa shape index (κ1) is 47.4. The topological polar surface area (TPSA) is 89.5 Å². The van der Waals surface area contributed by atoms with Crippen LogP contribution in [0.15, 0.2) is 24.3 Å². The number of carbonyl (C=O) groups is 2. The van der Waals surface area contributed by atoms with Crippen LogP contribution in [0.5, 0.6) is 5.75 Å². The van der Waals surface area contributed by atoms with E-state index in [9.17, 15) is 9.59 Å². The number of hydrogen-bond donors (Lipinski definition) is 0. The van der Waals surface area contributed by atoms with Crippen LogP contribution in [-0.4, -0.2) is 57.1 Å². The third-order valence-corrected chi connectivity index (χ3v) is 11.2. The van der Waals surface area contributed by atoms with Gasteiger partial charge in [0.1, 0.15) is 11.9 Å². The molecule has 1 aromatic rings. The van der Waals surface area contributed by atoms with Gasteiger partial charge in [0.15, 0.2) is 12.6 Å². The first-order valence-electron chi connectivity index (χ1n) is 23.0. The average molecular weight is 773 g/mol. The Morgan fingerprint density at radius 3 is 1.53 bits per heavy atom. The lowest BCUT2D eigenvalue weighted by molar-refractivity contribution is -0.163. The van der Waals surface area contributed by atoms with Gasteiger partial charge < -0.3 is 28.4 Å². The summed E-state index contributed by atoms with van der Waals surface area (Å²) < 4.78 is 33.8. The molecule has 0 bridgehead atoms. The molecule has 2 unspecified atom stereocenters. The standard InChI is InChI=1S/C36H58O6.C11H22O2/c1-2-3-4-12-17-34(37)41-32-24-20-30(21-25-32)31-22-26-33(27-23-31)42-35(38)18-13-10-8-6-5-7-9-11-15-28-39-36-19-14-16-29-40-36;1-2-3-4-6-9-12-11-8-5-7-10-13-11/h20-21,24-25,31,33,36H,2-19,22-23,26-29H2,1H3;11H,2-10H2,1H3. The van der Waals surface area contributed by atoms with E-state index in [-0.39, 0.29) is 30.6 Å². The Morgan fingerprint density at radius 2 is 1.02 bits per heavy atom. The molecule has 0 N–H and O–H groups in total. The average Bonchev–Trinajstić information content (AvgIpc) is 3.21. The largest absolute Gasteiger partial charge is 0.462 e. The number of benzene rings is 1. The minimum Gasteiger partial charge on any atom is -0.462 e. The van der Waals surface area contributed by atoms with Crippen molar-refractivity contribution in [2.75, 3.05) is 26.4 Å². The van der Waals surface area contributed by atoms with Gasteiger partial charge in [-0.15, -0.1) is 0 Å². The zero-order valence-corrected chi connectivity index (χ0v) is 35.2. The molecule has 3 aliphatic rings. The summed E-state index contributed by atoms with van der Waals surface area (Å²) in [6.07, 6.45) is 32.3. The van der Waals surface area contributed by atoms with E-state index in [4.69, 9.17) is 28.4 Å². The summed E-state index contributed by atoms with van der Waals surface area (Å²) in [4.78, 5) is 24.4. The molecule has 0 radical (unpaired) electrons. The molecular weight excluding hydrogens is 693 g/mol. The van der Waals surface area contributed by atoms with Crippen molar-refractivity contribution in [3.63, 3.8) is 0 Å². The third-order valence-electron chi connectivity index (χ3n) is 11.2. The molecule has 1 saturated carbocycles. The Balaban J connectivity index is 0.000000526. The lowest BCUT2D eigenvalue weighted by Gasteiger charge is -2.28. The Bertz CT molecular complexity index is 1060. The normalized spacial score (nSPS) is 21.3. The van der Waals surface area contributed by atoms with Crippen molar-refractivity contribution in [2.24, 2.45) is 0 Å². The molecule has 316 valence electrons. The van der Waals surface area contributed by atoms with Gasteiger partial charge in [-0.25, -0.2) is 0 Å². The highest BCUT2D eigenvalue weighted by Crippen LogP contribution is 2.35. The number of unbranched alkanes of at least 4 members (excludes halogenated alkanes) is 14. The zero-order valence-electron chi connectivity index (χ0n) is 35.2. The quantitative estimate of drug-likeness (QED) is 0.0496. The number of esters is 2. The molecule has 4 rings (SSSR count). The molecule has 2 heterocycles. The van der Waals surface area contributed by atoms with Crippen LogP contribution in [0.1, 0.15) is 212 Å². The third kappa shape index (κ3) is 23.7. The zero-order chi connectivity index (χ0) is 39.0. The van der Waals surface area contributed by atoms with Gasteiger partial charge in [-0.05, 0) is 114 Å². The van der Waals surface area contributed by atoms with E-state index >= 15 is 0 Å². The SMILES string of the molecule is CCCCCCC(=O)Oc1ccc(C2CCC(OC(=O)CCCCCCCCCCCOC3CCCCO3)CC2)cc1.CCCCCCOC1CCCCO1. The highest BCUT2D eigenvalue weighted by Gasteiger charge is 2.25. The summed E-state index contributed by atoms with van der Waals surface area (Å²) in [5, 5.41) is 0. The Morgan fingerprint density at radius 1 is 0.545 bits per heavy atom. The highest BCUT2D eigenvalue weighted by atomic mass is 16.7. The molecule has 0 amide bonds. The van der Waals surface area contributed by atoms with E-state index < -0.39 is 0 Å². The molecule has 8 nitrogen and oxygen atoms in total. The van der Waals surface area contributed by atoms with E-state index in [2.05, 4.69) is 26.0 Å². The van der Waals surface area contributed by atoms with Crippen molar-refractivity contribution < 1.29 is 38.0 Å². The summed E-state index contributed by atoms with van der Waals surface area (Å²) in [6.45, 7) is 7.84. The molecule has 0 aromatic heterocycles. The first-order chi connectivity index (χ1) is 27.1. The molecule has 55 heavy (non-hydrogen) atoms. The maximum absolute atomic E-state index is 12.4. The number of ether oxygens (including phenoxy) is 6. The first-order valence-corrected chi connectivity index (χ1v) is 23.0. The van der Waals surface area contributed by atoms with Crippen LogP contribution in [0.3, 0.4) is 0 Å². The van der Waals surface area contributed by atoms with Crippen molar-refractivity contribution in [2.45, 2.75) is 225 Å². The second-order valence-corrected chi connectivity index (χ2v) is 16.1. The fourth-order valence-corrected chi connectivity index (χ4v) is 7.70. The molecule has 2 saturated heterocycles. The van der Waals surface area contributed by atoms with E-state index in [1.165, 1.54) is 102 Å². The summed E-state index contributed by atoms with van der Waals surface area (Å²) >= 11 is 0. The van der Waals surface area contributed by atoms with Crippen molar-refractivity contribution in [3.8, 4) is 5.75 Å². The van der Waals surface area contributed by atoms with Crippen molar-refractivity contribution >= 4 is 11.9 Å². The number of hydrogen-bond acceptors (Lipinski definition) is 8. The predicted molar refractivity (Wildman–Crippen MR) is 221 cm³/mol.